The van der Waals surface area contributed by atoms with E-state index in [1.165, 1.54) is 0 Å². The summed E-state index contributed by atoms with van der Waals surface area (Å²) >= 11 is 0. The van der Waals surface area contributed by atoms with Gasteiger partial charge in [0.1, 0.15) is 12.6 Å². The minimum Gasteiger partial charge on any atom is -0.478 e. The fourth-order valence-electron chi connectivity index (χ4n) is 1.73. The van der Waals surface area contributed by atoms with Crippen LogP contribution in [-0.2, 0) is 22.4 Å². The zero-order chi connectivity index (χ0) is 13.7. The molecule has 2 N–H and O–H groups in total. The Morgan fingerprint density at radius 3 is 1.44 bits per heavy atom. The zero-order valence-corrected chi connectivity index (χ0v) is 9.25. The number of aldehydes is 2. The van der Waals surface area contributed by atoms with Gasteiger partial charge in [-0.25, -0.2) is 9.59 Å². The van der Waals surface area contributed by atoms with Crippen LogP contribution in [0.4, 0.5) is 0 Å². The summed E-state index contributed by atoms with van der Waals surface area (Å²) in [6.45, 7) is 0. The average Bonchev–Trinajstić information content (AvgIpc) is 2.30. The van der Waals surface area contributed by atoms with E-state index in [-0.39, 0.29) is 35.1 Å². The van der Waals surface area contributed by atoms with E-state index in [0.717, 1.165) is 12.1 Å². The highest BCUT2D eigenvalue weighted by Crippen LogP contribution is 2.20. The van der Waals surface area contributed by atoms with Crippen LogP contribution in [0.25, 0.3) is 0 Å². The van der Waals surface area contributed by atoms with Crippen molar-refractivity contribution in [2.24, 2.45) is 0 Å². The van der Waals surface area contributed by atoms with Gasteiger partial charge in [-0.15, -0.1) is 0 Å². The number of carboxylic acid groups (broad SMARTS) is 2. The molecule has 0 bridgehead atoms. The molecule has 0 radical (unpaired) electrons. The summed E-state index contributed by atoms with van der Waals surface area (Å²) in [7, 11) is 0. The van der Waals surface area contributed by atoms with E-state index in [1.54, 1.807) is 0 Å². The van der Waals surface area contributed by atoms with Gasteiger partial charge < -0.3 is 19.8 Å². The van der Waals surface area contributed by atoms with Crippen LogP contribution in [0.5, 0.6) is 0 Å². The van der Waals surface area contributed by atoms with E-state index < -0.39 is 11.9 Å². The maximum Gasteiger partial charge on any atom is 0.335 e. The Labute approximate surface area is 102 Å². The van der Waals surface area contributed by atoms with Gasteiger partial charge >= 0.3 is 11.9 Å². The lowest BCUT2D eigenvalue weighted by atomic mass is 9.92. The normalized spacial score (nSPS) is 9.78. The van der Waals surface area contributed by atoms with Crippen molar-refractivity contribution in [3.63, 3.8) is 0 Å². The van der Waals surface area contributed by atoms with Crippen molar-refractivity contribution in [2.75, 3.05) is 0 Å². The van der Waals surface area contributed by atoms with Crippen LogP contribution >= 0.6 is 0 Å². The van der Waals surface area contributed by atoms with Crippen molar-refractivity contribution >= 4 is 24.5 Å². The maximum atomic E-state index is 11.0. The summed E-state index contributed by atoms with van der Waals surface area (Å²) in [5.41, 5.74) is -0.179. The number of aromatic carboxylic acids is 2. The van der Waals surface area contributed by atoms with Gasteiger partial charge in [0.05, 0.1) is 11.1 Å². The van der Waals surface area contributed by atoms with Crippen molar-refractivity contribution in [3.8, 4) is 0 Å². The summed E-state index contributed by atoms with van der Waals surface area (Å²) in [5.74, 6) is -2.54. The van der Waals surface area contributed by atoms with Gasteiger partial charge in [0.25, 0.3) is 0 Å². The van der Waals surface area contributed by atoms with Gasteiger partial charge in [-0.05, 0) is 23.3 Å². The molecule has 0 fully saturated rings. The van der Waals surface area contributed by atoms with Crippen molar-refractivity contribution in [1.29, 1.82) is 0 Å². The fourth-order valence-corrected chi connectivity index (χ4v) is 1.73. The van der Waals surface area contributed by atoms with Crippen LogP contribution in [-0.4, -0.2) is 34.7 Å². The lowest BCUT2D eigenvalue weighted by Crippen LogP contribution is -2.13. The van der Waals surface area contributed by atoms with Gasteiger partial charge in [0.2, 0.25) is 0 Å². The van der Waals surface area contributed by atoms with E-state index in [2.05, 4.69) is 0 Å². The lowest BCUT2D eigenvalue weighted by Gasteiger charge is -2.11. The van der Waals surface area contributed by atoms with E-state index >= 15 is 0 Å². The first-order valence-electron chi connectivity index (χ1n) is 5.01. The number of benzene rings is 1. The molecule has 0 amide bonds. The fraction of sp³-hybridized carbons (Fsp3) is 0.167. The number of carbonyl (C=O) groups excluding carboxylic acids is 2. The van der Waals surface area contributed by atoms with Crippen LogP contribution in [0.3, 0.4) is 0 Å². The minimum atomic E-state index is -1.27. The molecule has 0 saturated carbocycles. The molecule has 1 aromatic rings. The highest BCUT2D eigenvalue weighted by Gasteiger charge is 2.20. The second-order valence-electron chi connectivity index (χ2n) is 3.47. The van der Waals surface area contributed by atoms with Crippen molar-refractivity contribution in [3.05, 3.63) is 34.4 Å². The molecular weight excluding hydrogens is 240 g/mol. The molecule has 6 heteroatoms. The van der Waals surface area contributed by atoms with Crippen LogP contribution in [0.1, 0.15) is 31.8 Å². The van der Waals surface area contributed by atoms with Crippen molar-refractivity contribution in [1.82, 2.24) is 0 Å². The number of carboxylic acids is 2. The third-order valence-corrected chi connectivity index (χ3v) is 2.47. The molecule has 0 saturated heterocycles. The Kier molecular flexibility index (Phi) is 4.31. The maximum absolute atomic E-state index is 11.0. The molecule has 0 aliphatic heterocycles. The van der Waals surface area contributed by atoms with Gasteiger partial charge in [-0.3, -0.25) is 0 Å². The molecule has 0 spiro atoms. The third-order valence-electron chi connectivity index (χ3n) is 2.47. The van der Waals surface area contributed by atoms with Crippen molar-refractivity contribution in [2.45, 2.75) is 12.8 Å². The summed E-state index contributed by atoms with van der Waals surface area (Å²) in [6, 6.07) is 2.25. The summed E-state index contributed by atoms with van der Waals surface area (Å²) < 4.78 is 0. The topological polar surface area (TPSA) is 109 Å². The molecule has 1 rings (SSSR count). The molecule has 94 valence electrons. The first kappa shape index (κ1) is 13.6. The smallest absolute Gasteiger partial charge is 0.335 e. The molecule has 0 unspecified atom stereocenters. The van der Waals surface area contributed by atoms with Gasteiger partial charge in [-0.1, -0.05) is 0 Å². The molecular formula is C12H10O6. The van der Waals surface area contributed by atoms with Crippen LogP contribution in [0.2, 0.25) is 0 Å². The Morgan fingerprint density at radius 1 is 0.889 bits per heavy atom. The van der Waals surface area contributed by atoms with E-state index in [0.29, 0.717) is 12.6 Å². The van der Waals surface area contributed by atoms with E-state index in [9.17, 15) is 19.2 Å². The Bertz CT molecular complexity index is 471. The quantitative estimate of drug-likeness (QED) is 0.714. The van der Waals surface area contributed by atoms with Crippen LogP contribution in [0.15, 0.2) is 12.1 Å². The van der Waals surface area contributed by atoms with E-state index in [4.69, 9.17) is 10.2 Å². The van der Waals surface area contributed by atoms with Gasteiger partial charge in [0.15, 0.2) is 0 Å². The standard InChI is InChI=1S/C12H10O6/c13-5-3-7-8(4-6-14)10(12(17)18)2-1-9(7)11(15)16/h1-2,5-6H,3-4H2,(H,15,16)(H,17,18). The summed E-state index contributed by atoms with van der Waals surface area (Å²) in [4.78, 5) is 43.1. The number of hydrogen-bond donors (Lipinski definition) is 2. The number of rotatable bonds is 6. The average molecular weight is 250 g/mol. The first-order chi connectivity index (χ1) is 8.52. The lowest BCUT2D eigenvalue weighted by molar-refractivity contribution is -0.108. The zero-order valence-electron chi connectivity index (χ0n) is 9.25. The molecule has 0 aliphatic rings. The number of carbonyl (C=O) groups is 4. The third kappa shape index (κ3) is 2.60. The highest BCUT2D eigenvalue weighted by molar-refractivity contribution is 5.96. The second kappa shape index (κ2) is 5.72. The van der Waals surface area contributed by atoms with Gasteiger partial charge in [0, 0.05) is 12.8 Å². The monoisotopic (exact) mass is 250 g/mol. The summed E-state index contributed by atoms with van der Waals surface area (Å²) in [5, 5.41) is 17.9. The van der Waals surface area contributed by atoms with Crippen molar-refractivity contribution < 1.29 is 29.4 Å². The molecule has 0 heterocycles. The van der Waals surface area contributed by atoms with E-state index in [1.807, 2.05) is 0 Å². The molecule has 1 aromatic carbocycles. The molecule has 0 atom stereocenters. The Balaban J connectivity index is 3.57. The largest absolute Gasteiger partial charge is 0.478 e. The first-order valence-corrected chi connectivity index (χ1v) is 5.01. The van der Waals surface area contributed by atoms with Gasteiger partial charge in [-0.2, -0.15) is 0 Å². The number of hydrogen-bond acceptors (Lipinski definition) is 4. The Hall–Kier alpha value is -2.50. The highest BCUT2D eigenvalue weighted by atomic mass is 16.4. The predicted molar refractivity (Wildman–Crippen MR) is 59.9 cm³/mol. The summed E-state index contributed by atoms with van der Waals surface area (Å²) in [6.07, 6.45) is 0.460. The predicted octanol–water partition coefficient (Wildman–Crippen LogP) is 0.566. The van der Waals surface area contributed by atoms with Crippen LogP contribution < -0.4 is 0 Å². The molecule has 0 aromatic heterocycles. The Morgan fingerprint density at radius 2 is 1.22 bits per heavy atom. The molecule has 6 nitrogen and oxygen atoms in total. The second-order valence-corrected chi connectivity index (χ2v) is 3.47. The SMILES string of the molecule is O=CCc1c(C(=O)O)ccc(C(=O)O)c1CC=O. The molecule has 18 heavy (non-hydrogen) atoms. The van der Waals surface area contributed by atoms with Crippen LogP contribution in [0, 0.1) is 0 Å². The minimum absolute atomic E-state index is 0.0736. The molecule has 0 aliphatic carbocycles.